The SMILES string of the molecule is CCOC(=O)c1ccc(NC(=O)c2ncc(-c3ccc(Cl)cc3)o2)cc1. The van der Waals surface area contributed by atoms with E-state index in [-0.39, 0.29) is 5.89 Å². The summed E-state index contributed by atoms with van der Waals surface area (Å²) in [7, 11) is 0. The maximum absolute atomic E-state index is 12.3. The van der Waals surface area contributed by atoms with Gasteiger partial charge in [-0.05, 0) is 55.5 Å². The first-order chi connectivity index (χ1) is 12.6. The zero-order valence-electron chi connectivity index (χ0n) is 13.9. The molecule has 26 heavy (non-hydrogen) atoms. The summed E-state index contributed by atoms with van der Waals surface area (Å²) in [6.45, 7) is 2.04. The van der Waals surface area contributed by atoms with Crippen LogP contribution in [-0.2, 0) is 4.74 Å². The van der Waals surface area contributed by atoms with Crippen molar-refractivity contribution in [2.75, 3.05) is 11.9 Å². The Kier molecular flexibility index (Phi) is 5.34. The number of hydrogen-bond acceptors (Lipinski definition) is 5. The molecule has 0 spiro atoms. The van der Waals surface area contributed by atoms with Crippen LogP contribution in [-0.4, -0.2) is 23.5 Å². The Hall–Kier alpha value is -3.12. The topological polar surface area (TPSA) is 81.4 Å². The fourth-order valence-corrected chi connectivity index (χ4v) is 2.34. The van der Waals surface area contributed by atoms with E-state index in [2.05, 4.69) is 10.3 Å². The summed E-state index contributed by atoms with van der Waals surface area (Å²) in [4.78, 5) is 27.9. The second kappa shape index (κ2) is 7.84. The van der Waals surface area contributed by atoms with Crippen LogP contribution in [0.2, 0.25) is 5.02 Å². The molecule has 1 N–H and O–H groups in total. The highest BCUT2D eigenvalue weighted by Crippen LogP contribution is 2.22. The summed E-state index contributed by atoms with van der Waals surface area (Å²) < 4.78 is 10.4. The summed E-state index contributed by atoms with van der Waals surface area (Å²) in [5, 5.41) is 3.27. The Morgan fingerprint density at radius 1 is 1.12 bits per heavy atom. The molecule has 3 rings (SSSR count). The Bertz CT molecular complexity index is 917. The van der Waals surface area contributed by atoms with Crippen molar-refractivity contribution >= 4 is 29.2 Å². The van der Waals surface area contributed by atoms with Gasteiger partial charge >= 0.3 is 11.9 Å². The molecular weight excluding hydrogens is 356 g/mol. The van der Waals surface area contributed by atoms with Crippen molar-refractivity contribution in [2.45, 2.75) is 6.92 Å². The highest BCUT2D eigenvalue weighted by molar-refractivity contribution is 6.30. The summed E-state index contributed by atoms with van der Waals surface area (Å²) in [5.41, 5.74) is 1.68. The number of nitrogens with zero attached hydrogens (tertiary/aromatic N) is 1. The Balaban J connectivity index is 1.68. The molecule has 7 heteroatoms. The molecule has 0 aliphatic carbocycles. The molecule has 0 atom stereocenters. The standard InChI is InChI=1S/C19H15ClN2O4/c1-2-25-19(24)13-5-9-15(10-6-13)22-17(23)18-21-11-16(26-18)12-3-7-14(20)8-4-12/h3-11H,2H2,1H3,(H,22,23). The van der Waals surface area contributed by atoms with Crippen LogP contribution in [0.5, 0.6) is 0 Å². The predicted octanol–water partition coefficient (Wildman–Crippen LogP) is 4.42. The molecule has 1 amide bonds. The molecule has 0 fully saturated rings. The molecule has 0 unspecified atom stereocenters. The lowest BCUT2D eigenvalue weighted by Crippen LogP contribution is -2.12. The minimum absolute atomic E-state index is 0.0654. The second-order valence-corrected chi connectivity index (χ2v) is 5.72. The number of anilines is 1. The lowest BCUT2D eigenvalue weighted by atomic mass is 10.2. The number of benzene rings is 2. The van der Waals surface area contributed by atoms with Crippen LogP contribution in [0, 0.1) is 0 Å². The predicted molar refractivity (Wildman–Crippen MR) is 97.3 cm³/mol. The van der Waals surface area contributed by atoms with E-state index in [1.807, 2.05) is 0 Å². The molecule has 1 aromatic heterocycles. The summed E-state index contributed by atoms with van der Waals surface area (Å²) in [6, 6.07) is 13.4. The zero-order chi connectivity index (χ0) is 18.5. The fraction of sp³-hybridized carbons (Fsp3) is 0.105. The van der Waals surface area contributed by atoms with E-state index in [0.29, 0.717) is 28.6 Å². The average molecular weight is 371 g/mol. The lowest BCUT2D eigenvalue weighted by Gasteiger charge is -2.05. The van der Waals surface area contributed by atoms with Crippen LogP contribution >= 0.6 is 11.6 Å². The van der Waals surface area contributed by atoms with Crippen LogP contribution < -0.4 is 5.32 Å². The molecule has 0 aliphatic heterocycles. The van der Waals surface area contributed by atoms with Gasteiger partial charge in [-0.25, -0.2) is 9.78 Å². The number of rotatable bonds is 5. The molecular formula is C19H15ClN2O4. The first-order valence-electron chi connectivity index (χ1n) is 7.87. The molecule has 132 valence electrons. The van der Waals surface area contributed by atoms with Gasteiger partial charge in [0.25, 0.3) is 5.89 Å². The van der Waals surface area contributed by atoms with Crippen molar-refractivity contribution < 1.29 is 18.7 Å². The number of nitrogens with one attached hydrogen (secondary N) is 1. The number of oxazole rings is 1. The van der Waals surface area contributed by atoms with E-state index < -0.39 is 11.9 Å². The number of hydrogen-bond donors (Lipinski definition) is 1. The van der Waals surface area contributed by atoms with Gasteiger partial charge in [-0.15, -0.1) is 0 Å². The van der Waals surface area contributed by atoms with Gasteiger partial charge in [-0.1, -0.05) is 11.6 Å². The summed E-state index contributed by atoms with van der Waals surface area (Å²) in [6.07, 6.45) is 1.47. The summed E-state index contributed by atoms with van der Waals surface area (Å²) in [5.74, 6) is -0.506. The van der Waals surface area contributed by atoms with E-state index in [9.17, 15) is 9.59 Å². The number of amides is 1. The lowest BCUT2D eigenvalue weighted by molar-refractivity contribution is 0.0526. The third kappa shape index (κ3) is 4.10. The Labute approximate surface area is 154 Å². The highest BCUT2D eigenvalue weighted by Gasteiger charge is 2.15. The Morgan fingerprint density at radius 2 is 1.81 bits per heavy atom. The number of halogens is 1. The molecule has 1 heterocycles. The van der Waals surface area contributed by atoms with Crippen molar-refractivity contribution in [3.8, 4) is 11.3 Å². The van der Waals surface area contributed by atoms with Crippen molar-refractivity contribution in [3.63, 3.8) is 0 Å². The number of carbonyl (C=O) groups excluding carboxylic acids is 2. The normalized spacial score (nSPS) is 10.4. The van der Waals surface area contributed by atoms with E-state index in [4.69, 9.17) is 20.8 Å². The second-order valence-electron chi connectivity index (χ2n) is 5.29. The van der Waals surface area contributed by atoms with Crippen LogP contribution in [0.25, 0.3) is 11.3 Å². The molecule has 6 nitrogen and oxygen atoms in total. The number of aromatic nitrogens is 1. The van der Waals surface area contributed by atoms with Gasteiger partial charge in [0.1, 0.15) is 0 Å². The molecule has 0 radical (unpaired) electrons. The minimum atomic E-state index is -0.492. The van der Waals surface area contributed by atoms with E-state index >= 15 is 0 Å². The number of ether oxygens (including phenoxy) is 1. The first kappa shape index (κ1) is 17.7. The maximum Gasteiger partial charge on any atom is 0.338 e. The van der Waals surface area contributed by atoms with Crippen molar-refractivity contribution in [2.24, 2.45) is 0 Å². The fourth-order valence-electron chi connectivity index (χ4n) is 2.22. The van der Waals surface area contributed by atoms with Gasteiger partial charge in [-0.3, -0.25) is 4.79 Å². The van der Waals surface area contributed by atoms with E-state index in [1.54, 1.807) is 55.5 Å². The van der Waals surface area contributed by atoms with Crippen LogP contribution in [0.1, 0.15) is 28.0 Å². The molecule has 0 bridgehead atoms. The largest absolute Gasteiger partial charge is 0.462 e. The van der Waals surface area contributed by atoms with Gasteiger partial charge in [0.2, 0.25) is 0 Å². The monoisotopic (exact) mass is 370 g/mol. The van der Waals surface area contributed by atoms with E-state index in [0.717, 1.165) is 5.56 Å². The first-order valence-corrected chi connectivity index (χ1v) is 8.25. The van der Waals surface area contributed by atoms with Gasteiger partial charge < -0.3 is 14.5 Å². The quantitative estimate of drug-likeness (QED) is 0.672. The zero-order valence-corrected chi connectivity index (χ0v) is 14.6. The van der Waals surface area contributed by atoms with Crippen LogP contribution in [0.15, 0.2) is 59.1 Å². The third-order valence-electron chi connectivity index (χ3n) is 3.48. The molecule has 0 aliphatic rings. The van der Waals surface area contributed by atoms with Crippen LogP contribution in [0.3, 0.4) is 0 Å². The molecule has 3 aromatic rings. The van der Waals surface area contributed by atoms with Crippen molar-refractivity contribution in [1.29, 1.82) is 0 Å². The van der Waals surface area contributed by atoms with Gasteiger partial charge in [-0.2, -0.15) is 0 Å². The van der Waals surface area contributed by atoms with Crippen molar-refractivity contribution in [3.05, 3.63) is 71.2 Å². The number of carbonyl (C=O) groups is 2. The van der Waals surface area contributed by atoms with Crippen LogP contribution in [0.4, 0.5) is 5.69 Å². The average Bonchev–Trinajstić information content (AvgIpc) is 3.13. The summed E-state index contributed by atoms with van der Waals surface area (Å²) >= 11 is 5.85. The minimum Gasteiger partial charge on any atom is -0.462 e. The number of esters is 1. The van der Waals surface area contributed by atoms with Crippen molar-refractivity contribution in [1.82, 2.24) is 4.98 Å². The van der Waals surface area contributed by atoms with Gasteiger partial charge in [0, 0.05) is 16.3 Å². The molecule has 0 saturated heterocycles. The third-order valence-corrected chi connectivity index (χ3v) is 3.73. The molecule has 0 saturated carbocycles. The maximum atomic E-state index is 12.3. The highest BCUT2D eigenvalue weighted by atomic mass is 35.5. The Morgan fingerprint density at radius 3 is 2.46 bits per heavy atom. The van der Waals surface area contributed by atoms with Gasteiger partial charge in [0.05, 0.1) is 18.4 Å². The van der Waals surface area contributed by atoms with Gasteiger partial charge in [0.15, 0.2) is 5.76 Å². The smallest absolute Gasteiger partial charge is 0.338 e. The molecule has 2 aromatic carbocycles. The van der Waals surface area contributed by atoms with E-state index in [1.165, 1.54) is 6.20 Å².